The van der Waals surface area contributed by atoms with Gasteiger partial charge in [0.2, 0.25) is 17.4 Å². The number of β-amino-alcohol motifs (C(OH)–C–C–N with tert-alkyl or cyclic N) is 1. The van der Waals surface area contributed by atoms with Crippen molar-refractivity contribution >= 4 is 40.3 Å². The van der Waals surface area contributed by atoms with Crippen molar-refractivity contribution in [3.63, 3.8) is 0 Å². The van der Waals surface area contributed by atoms with Crippen LogP contribution < -0.4 is 20.4 Å². The maximum Gasteiger partial charge on any atom is 0.328 e. The van der Waals surface area contributed by atoms with Gasteiger partial charge in [-0.15, -0.1) is 0 Å². The number of fused-ring (bicyclic) bond motifs is 5. The van der Waals surface area contributed by atoms with Crippen molar-refractivity contribution < 1.29 is 33.1 Å². The highest BCUT2D eigenvalue weighted by molar-refractivity contribution is 6.20. The number of halogens is 1. The van der Waals surface area contributed by atoms with Crippen molar-refractivity contribution in [2.24, 2.45) is 5.41 Å². The van der Waals surface area contributed by atoms with Crippen LogP contribution in [-0.2, 0) is 20.7 Å². The lowest BCUT2D eigenvalue weighted by Crippen LogP contribution is -2.75. The Morgan fingerprint density at radius 1 is 1.23 bits per heavy atom. The molecule has 12 heteroatoms. The van der Waals surface area contributed by atoms with Crippen LogP contribution in [0, 0.1) is 11.2 Å². The summed E-state index contributed by atoms with van der Waals surface area (Å²) in [5.41, 5.74) is -1.96. The molecule has 3 N–H and O–H groups in total. The van der Waals surface area contributed by atoms with Crippen LogP contribution in [0.3, 0.4) is 0 Å². The monoisotopic (exact) mass is 487 g/mol. The molecule has 5 heterocycles. The minimum atomic E-state index is -1.70. The third-order valence-electron chi connectivity index (χ3n) is 7.70. The summed E-state index contributed by atoms with van der Waals surface area (Å²) in [6, 6.07) is -0.0288. The minimum absolute atomic E-state index is 0.0282. The molecule has 3 saturated heterocycles. The molecule has 0 saturated carbocycles. The van der Waals surface area contributed by atoms with Crippen LogP contribution in [0.4, 0.5) is 20.7 Å². The van der Waals surface area contributed by atoms with E-state index in [1.165, 1.54) is 0 Å². The van der Waals surface area contributed by atoms with E-state index < -0.39 is 46.8 Å². The number of nitrogens with one attached hydrogen (secondary N) is 2. The molecular weight excluding hydrogens is 461 g/mol. The van der Waals surface area contributed by atoms with Gasteiger partial charge in [-0.3, -0.25) is 20.2 Å². The number of barbiturate groups is 1. The van der Waals surface area contributed by atoms with Crippen molar-refractivity contribution in [2.45, 2.75) is 57.5 Å². The van der Waals surface area contributed by atoms with Gasteiger partial charge in [0.15, 0.2) is 17.1 Å². The number of benzene rings is 1. The Balaban J connectivity index is 1.55. The number of carbonyl (C=O) groups excluding carboxylic acids is 3. The van der Waals surface area contributed by atoms with E-state index in [0.29, 0.717) is 36.3 Å². The molecule has 4 aliphatic heterocycles. The van der Waals surface area contributed by atoms with E-state index in [0.717, 1.165) is 0 Å². The Kier molecular flexibility index (Phi) is 4.53. The summed E-state index contributed by atoms with van der Waals surface area (Å²) in [6.45, 7) is 6.36. The molecule has 35 heavy (non-hydrogen) atoms. The molecule has 0 bridgehead atoms. The summed E-state index contributed by atoms with van der Waals surface area (Å²) < 4.78 is 27.5. The summed E-state index contributed by atoms with van der Waals surface area (Å²) in [7, 11) is 0. The summed E-state index contributed by atoms with van der Waals surface area (Å²) in [4.78, 5) is 42.0. The topological polar surface area (TPSA) is 137 Å². The summed E-state index contributed by atoms with van der Waals surface area (Å²) in [5.74, 6) is -1.71. The molecule has 4 atom stereocenters. The average Bonchev–Trinajstić information content (AvgIpc) is 3.34. The van der Waals surface area contributed by atoms with Gasteiger partial charge in [-0.25, -0.2) is 9.18 Å². The van der Waals surface area contributed by atoms with Crippen molar-refractivity contribution in [3.05, 3.63) is 17.4 Å². The van der Waals surface area contributed by atoms with E-state index in [2.05, 4.69) is 15.8 Å². The van der Waals surface area contributed by atoms with E-state index in [-0.39, 0.29) is 30.3 Å². The van der Waals surface area contributed by atoms with Gasteiger partial charge in [-0.05, 0) is 38.8 Å². The van der Waals surface area contributed by atoms with Gasteiger partial charge < -0.3 is 24.2 Å². The highest BCUT2D eigenvalue weighted by atomic mass is 19.1. The Morgan fingerprint density at radius 3 is 2.60 bits per heavy atom. The normalized spacial score (nSPS) is 32.0. The molecule has 1 aromatic heterocycles. The van der Waals surface area contributed by atoms with Gasteiger partial charge in [0.1, 0.15) is 0 Å². The summed E-state index contributed by atoms with van der Waals surface area (Å²) in [6.07, 6.45) is -0.514. The Morgan fingerprint density at radius 2 is 1.94 bits per heavy atom. The van der Waals surface area contributed by atoms with Gasteiger partial charge >= 0.3 is 6.03 Å². The van der Waals surface area contributed by atoms with Gasteiger partial charge in [-0.2, -0.15) is 0 Å². The minimum Gasteiger partial charge on any atom is -0.388 e. The molecule has 11 nitrogen and oxygen atoms in total. The zero-order valence-corrected chi connectivity index (χ0v) is 19.6. The molecule has 1 aromatic carbocycles. The molecular formula is C23H26FN5O6. The number of anilines is 2. The lowest BCUT2D eigenvalue weighted by molar-refractivity contribution is -0.153. The number of aromatic nitrogens is 1. The molecule has 0 aliphatic carbocycles. The maximum absolute atomic E-state index is 16.1. The number of ether oxygens (including phenoxy) is 1. The van der Waals surface area contributed by atoms with Crippen LogP contribution in [-0.4, -0.2) is 71.6 Å². The molecule has 0 radical (unpaired) electrons. The van der Waals surface area contributed by atoms with Crippen molar-refractivity contribution in [2.75, 3.05) is 29.4 Å². The number of urea groups is 1. The first-order valence-electron chi connectivity index (χ1n) is 11.7. The van der Waals surface area contributed by atoms with Crippen LogP contribution in [0.15, 0.2) is 10.6 Å². The zero-order valence-electron chi connectivity index (χ0n) is 19.6. The first-order chi connectivity index (χ1) is 16.5. The lowest BCUT2D eigenvalue weighted by atomic mass is 9.66. The van der Waals surface area contributed by atoms with Gasteiger partial charge in [0.05, 0.1) is 34.9 Å². The van der Waals surface area contributed by atoms with Crippen molar-refractivity contribution in [1.29, 1.82) is 0 Å². The first kappa shape index (κ1) is 22.2. The van der Waals surface area contributed by atoms with Crippen molar-refractivity contribution in [1.82, 2.24) is 15.8 Å². The Bertz CT molecular complexity index is 1270. The molecule has 4 aliphatic rings. The van der Waals surface area contributed by atoms with Crippen LogP contribution in [0.2, 0.25) is 0 Å². The molecule has 186 valence electrons. The maximum atomic E-state index is 16.1. The largest absolute Gasteiger partial charge is 0.388 e. The number of rotatable bonds is 1. The van der Waals surface area contributed by atoms with E-state index in [1.807, 2.05) is 11.8 Å². The predicted octanol–water partition coefficient (Wildman–Crippen LogP) is 0.819. The fraction of sp³-hybridized carbons (Fsp3) is 0.565. The fourth-order valence-corrected chi connectivity index (χ4v) is 6.29. The van der Waals surface area contributed by atoms with Crippen LogP contribution in [0.25, 0.3) is 11.0 Å². The van der Waals surface area contributed by atoms with E-state index in [9.17, 15) is 19.5 Å². The van der Waals surface area contributed by atoms with E-state index in [1.54, 1.807) is 24.8 Å². The number of imide groups is 2. The zero-order chi connectivity index (χ0) is 24.9. The highest BCUT2D eigenvalue weighted by Gasteiger charge is 2.63. The molecule has 4 amide bonds. The molecule has 1 spiro atoms. The summed E-state index contributed by atoms with van der Waals surface area (Å²) >= 11 is 0. The third kappa shape index (κ3) is 3.02. The van der Waals surface area contributed by atoms with Crippen LogP contribution >= 0.6 is 0 Å². The van der Waals surface area contributed by atoms with E-state index in [4.69, 9.17) is 9.26 Å². The van der Waals surface area contributed by atoms with Crippen LogP contribution in [0.5, 0.6) is 0 Å². The predicted molar refractivity (Wildman–Crippen MR) is 120 cm³/mol. The number of aliphatic hydroxyl groups is 1. The van der Waals surface area contributed by atoms with Gasteiger partial charge in [-0.1, -0.05) is 5.16 Å². The third-order valence-corrected chi connectivity index (χ3v) is 7.70. The molecule has 2 aromatic rings. The fourth-order valence-electron chi connectivity index (χ4n) is 6.29. The Hall–Kier alpha value is -3.25. The number of carbonyl (C=O) groups is 3. The number of nitrogens with zero attached hydrogens (tertiary/aromatic N) is 3. The SMILES string of the molecule is C[C@@H]1CN2c3c(cc4c(N5CC[C@@](C)(O)C5)noc4c3F)CC3(C(=O)NC(=O)NC3=O)[C@H]2[C@H](C)O1. The number of amides is 4. The number of hydrogen-bond acceptors (Lipinski definition) is 9. The second-order valence-electron chi connectivity index (χ2n) is 10.4. The molecule has 3 fully saturated rings. The number of hydrogen-bond donors (Lipinski definition) is 3. The number of morpholine rings is 1. The molecule has 6 rings (SSSR count). The quantitative estimate of drug-likeness (QED) is 0.499. The van der Waals surface area contributed by atoms with Crippen molar-refractivity contribution in [3.8, 4) is 0 Å². The summed E-state index contributed by atoms with van der Waals surface area (Å²) in [5, 5.41) is 19.4. The second-order valence-corrected chi connectivity index (χ2v) is 10.4. The van der Waals surface area contributed by atoms with Crippen LogP contribution in [0.1, 0.15) is 32.8 Å². The lowest BCUT2D eigenvalue weighted by Gasteiger charge is -2.55. The average molecular weight is 487 g/mol. The highest BCUT2D eigenvalue weighted by Crippen LogP contribution is 2.50. The first-order valence-corrected chi connectivity index (χ1v) is 11.7. The smallest absolute Gasteiger partial charge is 0.328 e. The van der Waals surface area contributed by atoms with E-state index >= 15 is 4.39 Å². The molecule has 0 unspecified atom stereocenters. The second kappa shape index (κ2) is 7.14. The Labute approximate surface area is 199 Å². The van der Waals surface area contributed by atoms with Gasteiger partial charge in [0, 0.05) is 26.1 Å². The standard InChI is InChI=1S/C23H26FN5O6/c1-10-8-29-15-12(7-23(17(29)11(2)34-10)19(30)25-21(32)26-20(23)31)6-13-16(14(15)24)35-27-18(13)28-5-4-22(3,33)9-28/h6,10-11,17,33H,4-5,7-9H2,1-3H3,(H2,25,26,30,31,32)/t10-,11+,17-,22-/m1/s1. The van der Waals surface area contributed by atoms with Gasteiger partial charge in [0.25, 0.3) is 0 Å².